The molecule has 0 aromatic heterocycles. The van der Waals surface area contributed by atoms with E-state index in [4.69, 9.17) is 28.8 Å². The number of esters is 4. The number of carbonyl (C=O) groups excluding carboxylic acids is 4. The summed E-state index contributed by atoms with van der Waals surface area (Å²) in [6.45, 7) is 16.3. The average molecular weight is 745 g/mol. The molecule has 0 radical (unpaired) electrons. The summed E-state index contributed by atoms with van der Waals surface area (Å²) >= 11 is 0. The second-order valence-electron chi connectivity index (χ2n) is 12.3. The Balaban J connectivity index is -0.000000608. The molecule has 0 fully saturated rings. The van der Waals surface area contributed by atoms with E-state index in [9.17, 15) is 19.2 Å². The quantitative estimate of drug-likeness (QED) is 0.0839. The first-order chi connectivity index (χ1) is 25.3. The third kappa shape index (κ3) is 49.7. The Morgan fingerprint density at radius 1 is 0.623 bits per heavy atom. The van der Waals surface area contributed by atoms with Crippen molar-refractivity contribution in [2.24, 2.45) is 5.92 Å². The Morgan fingerprint density at radius 3 is 1.55 bits per heavy atom. The summed E-state index contributed by atoms with van der Waals surface area (Å²) in [5.74, 6) is -0.933. The Kier molecular flexibility index (Phi) is 40.2. The van der Waals surface area contributed by atoms with E-state index >= 15 is 0 Å². The summed E-state index contributed by atoms with van der Waals surface area (Å²) in [7, 11) is 0. The van der Waals surface area contributed by atoms with Crippen molar-refractivity contribution < 1.29 is 48.0 Å². The normalized spacial score (nSPS) is 9.68. The molecule has 0 bridgehead atoms. The molecule has 2 aromatic carbocycles. The van der Waals surface area contributed by atoms with E-state index in [1.54, 1.807) is 0 Å². The molecule has 300 valence electrons. The molecule has 10 nitrogen and oxygen atoms in total. The number of unbranched alkanes of at least 4 members (excludes halogenated alkanes) is 5. The van der Waals surface area contributed by atoms with E-state index in [0.29, 0.717) is 45.2 Å². The molecule has 2 rings (SSSR count). The minimum Gasteiger partial charge on any atom is -0.481 e. The Bertz CT molecular complexity index is 1180. The second kappa shape index (κ2) is 40.3. The third-order valence-corrected chi connectivity index (χ3v) is 6.34. The van der Waals surface area contributed by atoms with Crippen molar-refractivity contribution in [2.75, 3.05) is 26.4 Å². The van der Waals surface area contributed by atoms with Crippen LogP contribution in [0.4, 0.5) is 0 Å². The minimum absolute atomic E-state index is 0.0306. The zero-order chi connectivity index (χ0) is 40.5. The molecular formula is C43H68O10. The molecule has 0 saturated carbocycles. The number of carboxylic acid groups (broad SMARTS) is 1. The highest BCUT2D eigenvalue weighted by Gasteiger charge is 2.03. The fraction of sp³-hybridized carbons (Fsp3) is 0.558. The van der Waals surface area contributed by atoms with Gasteiger partial charge in [-0.15, -0.1) is 0 Å². The number of hydrogen-bond donors (Lipinski definition) is 1. The Labute approximate surface area is 319 Å². The smallest absolute Gasteiger partial charge is 0.305 e. The molecule has 0 unspecified atom stereocenters. The molecule has 0 amide bonds. The van der Waals surface area contributed by atoms with Crippen molar-refractivity contribution in [1.82, 2.24) is 0 Å². The SMILES string of the molecule is CC(=O)O.CC(=O)OCC=Cc1ccccc1.CC(=O)OCCc1ccccc1.CCCCCC(=O)OCC(C)C.CCCCCC(=O)OCCCC. The lowest BCUT2D eigenvalue weighted by Crippen LogP contribution is -2.09. The van der Waals surface area contributed by atoms with Gasteiger partial charge in [-0.3, -0.25) is 24.0 Å². The van der Waals surface area contributed by atoms with E-state index in [1.165, 1.54) is 19.4 Å². The van der Waals surface area contributed by atoms with Gasteiger partial charge in [0.2, 0.25) is 0 Å². The summed E-state index contributed by atoms with van der Waals surface area (Å²) in [6.07, 6.45) is 14.3. The van der Waals surface area contributed by atoms with E-state index < -0.39 is 5.97 Å². The average Bonchev–Trinajstić information content (AvgIpc) is 3.11. The first-order valence-corrected chi connectivity index (χ1v) is 18.8. The monoisotopic (exact) mass is 744 g/mol. The maximum absolute atomic E-state index is 11.0. The van der Waals surface area contributed by atoms with Crippen LogP contribution in [0, 0.1) is 5.92 Å². The summed E-state index contributed by atoms with van der Waals surface area (Å²) in [5.41, 5.74) is 2.30. The lowest BCUT2D eigenvalue weighted by atomic mass is 10.2. The molecule has 0 heterocycles. The molecule has 0 aliphatic carbocycles. The lowest BCUT2D eigenvalue weighted by molar-refractivity contribution is -0.145. The standard InChI is InChI=1S/C11H12O2.C10H12O2.2C10H20O2.C2H4O2/c1-10(12)13-9-5-8-11-6-3-2-4-7-11;1-9(11)12-8-7-10-5-3-2-4-6-10;1-4-5-6-7-10(11)12-8-9(2)3;1-3-5-7-8-10(11)12-9-6-4-2;1-2(3)4/h2-8H,9H2,1H3;2-6H,7-8H2,1H3;9H,4-8H2,1-3H3;3-9H2,1-2H3;1H3,(H,3,4). The van der Waals surface area contributed by atoms with Crippen LogP contribution in [-0.2, 0) is 49.3 Å². The van der Waals surface area contributed by atoms with E-state index in [1.807, 2.05) is 86.7 Å². The van der Waals surface area contributed by atoms with Crippen molar-refractivity contribution in [3.8, 4) is 0 Å². The number of ether oxygens (including phenoxy) is 4. The van der Waals surface area contributed by atoms with Crippen molar-refractivity contribution >= 4 is 35.9 Å². The van der Waals surface area contributed by atoms with Crippen LogP contribution in [0.3, 0.4) is 0 Å². The number of benzene rings is 2. The zero-order valence-corrected chi connectivity index (χ0v) is 33.7. The molecule has 1 N–H and O–H groups in total. The first-order valence-electron chi connectivity index (χ1n) is 18.8. The van der Waals surface area contributed by atoms with Crippen LogP contribution in [0.25, 0.3) is 6.08 Å². The van der Waals surface area contributed by atoms with Crippen LogP contribution in [-0.4, -0.2) is 61.4 Å². The van der Waals surface area contributed by atoms with Gasteiger partial charge in [-0.05, 0) is 42.4 Å². The highest BCUT2D eigenvalue weighted by atomic mass is 16.5. The zero-order valence-electron chi connectivity index (χ0n) is 33.7. The highest BCUT2D eigenvalue weighted by molar-refractivity contribution is 5.69. The topological polar surface area (TPSA) is 142 Å². The van der Waals surface area contributed by atoms with Crippen molar-refractivity contribution in [2.45, 2.75) is 126 Å². The van der Waals surface area contributed by atoms with Gasteiger partial charge in [-0.1, -0.05) is 133 Å². The van der Waals surface area contributed by atoms with Crippen molar-refractivity contribution in [3.05, 3.63) is 77.9 Å². The maximum atomic E-state index is 11.0. The van der Waals surface area contributed by atoms with Crippen LogP contribution < -0.4 is 0 Å². The third-order valence-electron chi connectivity index (χ3n) is 6.34. The van der Waals surface area contributed by atoms with Gasteiger partial charge in [0.05, 0.1) is 19.8 Å². The number of hydrogen-bond acceptors (Lipinski definition) is 9. The van der Waals surface area contributed by atoms with Gasteiger partial charge in [-0.25, -0.2) is 0 Å². The molecule has 0 aliphatic rings. The van der Waals surface area contributed by atoms with E-state index in [2.05, 4.69) is 20.8 Å². The Hall–Kier alpha value is -4.47. The van der Waals surface area contributed by atoms with E-state index in [-0.39, 0.29) is 23.9 Å². The maximum Gasteiger partial charge on any atom is 0.305 e. The highest BCUT2D eigenvalue weighted by Crippen LogP contribution is 2.03. The summed E-state index contributed by atoms with van der Waals surface area (Å²) < 4.78 is 19.5. The molecule has 0 saturated heterocycles. The molecule has 2 aromatic rings. The number of carboxylic acids is 1. The largest absolute Gasteiger partial charge is 0.481 e. The molecular weight excluding hydrogens is 676 g/mol. The van der Waals surface area contributed by atoms with Gasteiger partial charge < -0.3 is 24.1 Å². The van der Waals surface area contributed by atoms with Gasteiger partial charge in [0, 0.05) is 40.0 Å². The molecule has 10 heteroatoms. The summed E-state index contributed by atoms with van der Waals surface area (Å²) in [6, 6.07) is 19.8. The van der Waals surface area contributed by atoms with Crippen LogP contribution >= 0.6 is 0 Å². The van der Waals surface area contributed by atoms with Crippen LogP contribution in [0.15, 0.2) is 66.7 Å². The number of carbonyl (C=O) groups is 5. The lowest BCUT2D eigenvalue weighted by Gasteiger charge is -2.06. The fourth-order valence-corrected chi connectivity index (χ4v) is 3.64. The predicted molar refractivity (Wildman–Crippen MR) is 212 cm³/mol. The number of aliphatic carboxylic acids is 1. The molecule has 0 spiro atoms. The van der Waals surface area contributed by atoms with Gasteiger partial charge >= 0.3 is 23.9 Å². The molecule has 53 heavy (non-hydrogen) atoms. The van der Waals surface area contributed by atoms with E-state index in [0.717, 1.165) is 70.3 Å². The first kappa shape index (κ1) is 52.9. The minimum atomic E-state index is -0.833. The van der Waals surface area contributed by atoms with Crippen molar-refractivity contribution in [1.29, 1.82) is 0 Å². The summed E-state index contributed by atoms with van der Waals surface area (Å²) in [5, 5.41) is 7.42. The van der Waals surface area contributed by atoms with Crippen LogP contribution in [0.5, 0.6) is 0 Å². The molecule has 0 aliphatic heterocycles. The van der Waals surface area contributed by atoms with Gasteiger partial charge in [0.1, 0.15) is 6.61 Å². The second-order valence-corrected chi connectivity index (χ2v) is 12.3. The number of rotatable bonds is 19. The summed E-state index contributed by atoms with van der Waals surface area (Å²) in [4.78, 5) is 51.8. The van der Waals surface area contributed by atoms with Crippen LogP contribution in [0.1, 0.15) is 131 Å². The predicted octanol–water partition coefficient (Wildman–Crippen LogP) is 9.82. The van der Waals surface area contributed by atoms with Crippen LogP contribution in [0.2, 0.25) is 0 Å². The van der Waals surface area contributed by atoms with Gasteiger partial charge in [-0.2, -0.15) is 0 Å². The molecule has 0 atom stereocenters. The van der Waals surface area contributed by atoms with Crippen molar-refractivity contribution in [3.63, 3.8) is 0 Å². The van der Waals surface area contributed by atoms with Gasteiger partial charge in [0.15, 0.2) is 0 Å². The fourth-order valence-electron chi connectivity index (χ4n) is 3.64. The Morgan fingerprint density at radius 2 is 1.09 bits per heavy atom. The van der Waals surface area contributed by atoms with Gasteiger partial charge in [0.25, 0.3) is 5.97 Å².